The van der Waals surface area contributed by atoms with Gasteiger partial charge in [0.1, 0.15) is 18.5 Å². The number of pyridine rings is 1. The Hall–Kier alpha value is -3.02. The van der Waals surface area contributed by atoms with E-state index >= 15 is 0 Å². The van der Waals surface area contributed by atoms with Crippen LogP contribution in [0, 0.1) is 6.92 Å². The third-order valence-corrected chi connectivity index (χ3v) is 4.21. The summed E-state index contributed by atoms with van der Waals surface area (Å²) in [6.45, 7) is 3.91. The lowest BCUT2D eigenvalue weighted by molar-refractivity contribution is 0.565. The number of benzene rings is 1. The Labute approximate surface area is 139 Å². The number of aryl methyl sites for hydroxylation is 3. The number of imidazole rings is 1. The lowest BCUT2D eigenvalue weighted by Crippen LogP contribution is -2.04. The van der Waals surface area contributed by atoms with Crippen LogP contribution in [0.5, 0.6) is 0 Å². The third-order valence-electron chi connectivity index (χ3n) is 4.21. The van der Waals surface area contributed by atoms with E-state index in [0.717, 1.165) is 41.8 Å². The van der Waals surface area contributed by atoms with E-state index in [1.54, 1.807) is 12.7 Å². The minimum absolute atomic E-state index is 0.890. The number of aromatic nitrogens is 6. The van der Waals surface area contributed by atoms with Crippen LogP contribution in [-0.2, 0) is 13.1 Å². The molecule has 3 aromatic heterocycles. The molecule has 4 aromatic rings. The summed E-state index contributed by atoms with van der Waals surface area (Å²) in [5, 5.41) is 8.81. The molecule has 0 fully saturated rings. The van der Waals surface area contributed by atoms with E-state index < -0.39 is 0 Å². The molecule has 120 valence electrons. The van der Waals surface area contributed by atoms with Crippen molar-refractivity contribution < 1.29 is 0 Å². The number of nitrogens with zero attached hydrogens (tertiary/aromatic N) is 6. The van der Waals surface area contributed by atoms with E-state index in [2.05, 4.69) is 49.9 Å². The fraction of sp³-hybridized carbons (Fsp3) is 0.222. The normalized spacial score (nSPS) is 11.2. The Balaban J connectivity index is 1.66. The quantitative estimate of drug-likeness (QED) is 0.567. The molecule has 0 aliphatic heterocycles. The maximum Gasteiger partial charge on any atom is 0.140 e. The van der Waals surface area contributed by atoms with Crippen molar-refractivity contribution in [3.05, 3.63) is 61.1 Å². The molecule has 4 rings (SSSR count). The van der Waals surface area contributed by atoms with Crippen molar-refractivity contribution in [1.82, 2.24) is 29.3 Å². The van der Waals surface area contributed by atoms with Gasteiger partial charge in [-0.25, -0.2) is 4.98 Å². The van der Waals surface area contributed by atoms with Crippen molar-refractivity contribution in [3.63, 3.8) is 0 Å². The summed E-state index contributed by atoms with van der Waals surface area (Å²) in [6.07, 6.45) is 10.2. The molecule has 0 radical (unpaired) electrons. The second-order valence-corrected chi connectivity index (χ2v) is 5.83. The Morgan fingerprint density at radius 1 is 0.958 bits per heavy atom. The van der Waals surface area contributed by atoms with Gasteiger partial charge < -0.3 is 9.13 Å². The topological polar surface area (TPSA) is 61.4 Å². The first-order valence-electron chi connectivity index (χ1n) is 8.01. The largest absolute Gasteiger partial charge is 0.331 e. The smallest absolute Gasteiger partial charge is 0.140 e. The van der Waals surface area contributed by atoms with Crippen molar-refractivity contribution in [2.45, 2.75) is 26.4 Å². The summed E-state index contributed by atoms with van der Waals surface area (Å²) in [7, 11) is 0. The first kappa shape index (κ1) is 14.6. The summed E-state index contributed by atoms with van der Waals surface area (Å²) in [5.74, 6) is 0.995. The molecule has 0 atom stereocenters. The van der Waals surface area contributed by atoms with Gasteiger partial charge in [-0.15, -0.1) is 10.2 Å². The first-order valence-corrected chi connectivity index (χ1v) is 8.01. The van der Waals surface area contributed by atoms with Gasteiger partial charge in [0.25, 0.3) is 0 Å². The lowest BCUT2D eigenvalue weighted by atomic mass is 10.0. The second-order valence-electron chi connectivity index (χ2n) is 5.83. The van der Waals surface area contributed by atoms with Gasteiger partial charge >= 0.3 is 0 Å². The number of fused-ring (bicyclic) bond motifs is 1. The highest BCUT2D eigenvalue weighted by Gasteiger charge is 2.13. The minimum Gasteiger partial charge on any atom is -0.331 e. The highest BCUT2D eigenvalue weighted by molar-refractivity contribution is 5.94. The Morgan fingerprint density at radius 2 is 1.83 bits per heavy atom. The Kier molecular flexibility index (Phi) is 3.78. The van der Waals surface area contributed by atoms with Crippen LogP contribution in [0.25, 0.3) is 22.3 Å². The van der Waals surface area contributed by atoms with E-state index in [1.165, 1.54) is 5.56 Å². The molecule has 0 saturated heterocycles. The average Bonchev–Trinajstić information content (AvgIpc) is 3.27. The molecular formula is C18H18N6. The van der Waals surface area contributed by atoms with Crippen LogP contribution in [0.2, 0.25) is 0 Å². The summed E-state index contributed by atoms with van der Waals surface area (Å²) in [5.41, 5.74) is 3.37. The van der Waals surface area contributed by atoms with Crippen molar-refractivity contribution in [3.8, 4) is 11.4 Å². The molecule has 0 aliphatic carbocycles. The molecule has 0 saturated carbocycles. The van der Waals surface area contributed by atoms with E-state index in [-0.39, 0.29) is 0 Å². The van der Waals surface area contributed by atoms with Crippen LogP contribution in [0.4, 0.5) is 0 Å². The van der Waals surface area contributed by atoms with E-state index in [0.29, 0.717) is 0 Å². The van der Waals surface area contributed by atoms with Crippen molar-refractivity contribution in [1.29, 1.82) is 0 Å². The maximum atomic E-state index is 4.62. The highest BCUT2D eigenvalue weighted by Crippen LogP contribution is 2.30. The second kappa shape index (κ2) is 6.23. The molecule has 1 aromatic carbocycles. The van der Waals surface area contributed by atoms with Crippen molar-refractivity contribution >= 4 is 10.9 Å². The molecule has 3 heterocycles. The molecule has 6 nitrogen and oxygen atoms in total. The molecular weight excluding hydrogens is 300 g/mol. The Morgan fingerprint density at radius 3 is 2.71 bits per heavy atom. The zero-order valence-corrected chi connectivity index (χ0v) is 13.5. The maximum absolute atomic E-state index is 4.62. The Bertz CT molecular complexity index is 955. The van der Waals surface area contributed by atoms with Gasteiger partial charge in [0, 0.05) is 42.6 Å². The molecule has 0 bridgehead atoms. The lowest BCUT2D eigenvalue weighted by Gasteiger charge is -2.12. The van der Waals surface area contributed by atoms with Crippen molar-refractivity contribution in [2.24, 2.45) is 0 Å². The predicted molar refractivity (Wildman–Crippen MR) is 92.3 cm³/mol. The standard InChI is InChI=1S/C18H18N6/c1-14-5-6-16-15(4-2-7-19-16)17(14)18-20-8-11-24(18)10-3-9-23-12-21-22-13-23/h2,4-8,11-13H,3,9-10H2,1H3. The monoisotopic (exact) mass is 318 g/mol. The van der Waals surface area contributed by atoms with Crippen LogP contribution < -0.4 is 0 Å². The summed E-state index contributed by atoms with van der Waals surface area (Å²) in [4.78, 5) is 9.08. The van der Waals surface area contributed by atoms with Crippen LogP contribution in [0.1, 0.15) is 12.0 Å². The van der Waals surface area contributed by atoms with Gasteiger partial charge in [0.2, 0.25) is 0 Å². The van der Waals surface area contributed by atoms with E-state index in [4.69, 9.17) is 0 Å². The van der Waals surface area contributed by atoms with Crippen LogP contribution >= 0.6 is 0 Å². The van der Waals surface area contributed by atoms with Gasteiger partial charge in [0.15, 0.2) is 0 Å². The van der Waals surface area contributed by atoms with Crippen LogP contribution in [0.3, 0.4) is 0 Å². The molecule has 0 unspecified atom stereocenters. The molecule has 0 aliphatic rings. The number of hydrogen-bond acceptors (Lipinski definition) is 4. The first-order chi connectivity index (χ1) is 11.8. The molecule has 0 amide bonds. The molecule has 0 spiro atoms. The number of hydrogen-bond donors (Lipinski definition) is 0. The molecule has 24 heavy (non-hydrogen) atoms. The SMILES string of the molecule is Cc1ccc2ncccc2c1-c1nccn1CCCn1cnnc1. The molecule has 0 N–H and O–H groups in total. The fourth-order valence-corrected chi connectivity index (χ4v) is 3.04. The summed E-state index contributed by atoms with van der Waals surface area (Å²) < 4.78 is 4.20. The summed E-state index contributed by atoms with van der Waals surface area (Å²) >= 11 is 0. The van der Waals surface area contributed by atoms with Gasteiger partial charge in [-0.1, -0.05) is 12.1 Å². The van der Waals surface area contributed by atoms with Gasteiger partial charge in [-0.3, -0.25) is 4.98 Å². The van der Waals surface area contributed by atoms with Gasteiger partial charge in [0.05, 0.1) is 5.52 Å². The summed E-state index contributed by atoms with van der Waals surface area (Å²) in [6, 6.07) is 8.26. The van der Waals surface area contributed by atoms with E-state index in [9.17, 15) is 0 Å². The average molecular weight is 318 g/mol. The highest BCUT2D eigenvalue weighted by atomic mass is 15.2. The minimum atomic E-state index is 0.890. The van der Waals surface area contributed by atoms with E-state index in [1.807, 2.05) is 29.2 Å². The third kappa shape index (κ3) is 2.67. The zero-order valence-electron chi connectivity index (χ0n) is 13.5. The van der Waals surface area contributed by atoms with Gasteiger partial charge in [-0.05, 0) is 31.0 Å². The number of rotatable bonds is 5. The van der Waals surface area contributed by atoms with Crippen molar-refractivity contribution in [2.75, 3.05) is 0 Å². The van der Waals surface area contributed by atoms with Crippen LogP contribution in [-0.4, -0.2) is 29.3 Å². The fourth-order valence-electron chi connectivity index (χ4n) is 3.04. The predicted octanol–water partition coefficient (Wildman–Crippen LogP) is 3.09. The zero-order chi connectivity index (χ0) is 16.4. The van der Waals surface area contributed by atoms with Gasteiger partial charge in [-0.2, -0.15) is 0 Å². The van der Waals surface area contributed by atoms with Crippen LogP contribution in [0.15, 0.2) is 55.5 Å². The molecule has 6 heteroatoms.